The van der Waals surface area contributed by atoms with Crippen LogP contribution in [0.5, 0.6) is 0 Å². The zero-order chi connectivity index (χ0) is 10.9. The van der Waals surface area contributed by atoms with Gasteiger partial charge in [-0.15, -0.1) is 6.58 Å². The quantitative estimate of drug-likeness (QED) is 0.658. The van der Waals surface area contributed by atoms with Crippen molar-refractivity contribution in [2.45, 2.75) is 18.5 Å². The first-order chi connectivity index (χ1) is 7.12. The summed E-state index contributed by atoms with van der Waals surface area (Å²) in [6, 6.07) is 0.271. The number of nitrogens with one attached hydrogen (secondary N) is 1. The van der Waals surface area contributed by atoms with Gasteiger partial charge in [0.15, 0.2) is 9.84 Å². The summed E-state index contributed by atoms with van der Waals surface area (Å²) in [7, 11) is -2.83. The highest BCUT2D eigenvalue weighted by molar-refractivity contribution is 7.91. The topological polar surface area (TPSA) is 49.4 Å². The third-order valence-corrected chi connectivity index (χ3v) is 4.90. The van der Waals surface area contributed by atoms with Crippen molar-refractivity contribution < 1.29 is 8.42 Å². The Balaban J connectivity index is 2.16. The Morgan fingerprint density at radius 2 is 2.27 bits per heavy atom. The van der Waals surface area contributed by atoms with E-state index in [0.29, 0.717) is 11.5 Å². The average Bonchev–Trinajstić information content (AvgIpc) is 2.36. The summed E-state index contributed by atoms with van der Waals surface area (Å²) in [5, 5.41) is 3.33. The van der Waals surface area contributed by atoms with Gasteiger partial charge in [0.25, 0.3) is 0 Å². The molecule has 2 atom stereocenters. The molecule has 15 heavy (non-hydrogen) atoms. The second-order valence-electron chi connectivity index (χ2n) is 4.34. The summed E-state index contributed by atoms with van der Waals surface area (Å²) < 4.78 is 23.1. The van der Waals surface area contributed by atoms with Crippen LogP contribution < -0.4 is 5.32 Å². The van der Waals surface area contributed by atoms with Gasteiger partial charge in [-0.3, -0.25) is 4.90 Å². The van der Waals surface area contributed by atoms with Crippen molar-refractivity contribution in [2.24, 2.45) is 0 Å². The Kier molecular flexibility index (Phi) is 3.13. The predicted octanol–water partition coefficient (Wildman–Crippen LogP) is -0.367. The third-order valence-electron chi connectivity index (χ3n) is 3.18. The van der Waals surface area contributed by atoms with Crippen LogP contribution in [-0.2, 0) is 9.84 Å². The van der Waals surface area contributed by atoms with Crippen LogP contribution in [0, 0.1) is 0 Å². The minimum absolute atomic E-state index is 0.123. The van der Waals surface area contributed by atoms with E-state index in [1.807, 2.05) is 6.08 Å². The van der Waals surface area contributed by atoms with Gasteiger partial charge < -0.3 is 5.32 Å². The highest BCUT2D eigenvalue weighted by Crippen LogP contribution is 2.20. The molecule has 5 heteroatoms. The molecular formula is C10H18N2O2S. The van der Waals surface area contributed by atoms with E-state index in [1.54, 1.807) is 0 Å². The molecule has 2 rings (SSSR count). The Morgan fingerprint density at radius 3 is 3.00 bits per heavy atom. The van der Waals surface area contributed by atoms with E-state index in [-0.39, 0.29) is 12.1 Å². The molecule has 2 saturated heterocycles. The van der Waals surface area contributed by atoms with Gasteiger partial charge in [0.2, 0.25) is 0 Å². The molecule has 0 bridgehead atoms. The summed E-state index contributed by atoms with van der Waals surface area (Å²) in [4.78, 5) is 2.24. The maximum atomic E-state index is 11.6. The summed E-state index contributed by atoms with van der Waals surface area (Å²) >= 11 is 0. The lowest BCUT2D eigenvalue weighted by atomic mass is 10.1. The van der Waals surface area contributed by atoms with Crippen molar-refractivity contribution in [3.8, 4) is 0 Å². The van der Waals surface area contributed by atoms with Crippen LogP contribution in [-0.4, -0.2) is 56.5 Å². The summed E-state index contributed by atoms with van der Waals surface area (Å²) in [6.07, 6.45) is 2.94. The Morgan fingerprint density at radius 1 is 1.47 bits per heavy atom. The molecule has 0 aromatic carbocycles. The summed E-state index contributed by atoms with van der Waals surface area (Å²) in [6.45, 7) is 6.40. The molecule has 0 aliphatic carbocycles. The van der Waals surface area contributed by atoms with Crippen molar-refractivity contribution in [1.29, 1.82) is 0 Å². The molecule has 0 aromatic heterocycles. The Hall–Kier alpha value is -0.390. The van der Waals surface area contributed by atoms with Gasteiger partial charge >= 0.3 is 0 Å². The standard InChI is InChI=1S/C10H18N2O2S/c1-2-5-12-6-3-4-11-9-7-15(13,14)8-10(9)12/h2,9-11H,1,3-8H2. The lowest BCUT2D eigenvalue weighted by Crippen LogP contribution is -2.46. The van der Waals surface area contributed by atoms with E-state index < -0.39 is 9.84 Å². The van der Waals surface area contributed by atoms with Crippen molar-refractivity contribution >= 4 is 9.84 Å². The normalized spacial score (nSPS) is 35.7. The molecule has 0 saturated carbocycles. The molecule has 1 N–H and O–H groups in total. The smallest absolute Gasteiger partial charge is 0.153 e. The van der Waals surface area contributed by atoms with Crippen molar-refractivity contribution in [2.75, 3.05) is 31.1 Å². The first kappa shape index (κ1) is 11.1. The fourth-order valence-electron chi connectivity index (χ4n) is 2.51. The van der Waals surface area contributed by atoms with E-state index in [2.05, 4.69) is 16.8 Å². The summed E-state index contributed by atoms with van der Waals surface area (Å²) in [5.74, 6) is 0.601. The Labute approximate surface area is 91.3 Å². The van der Waals surface area contributed by atoms with Crippen LogP contribution in [0.15, 0.2) is 12.7 Å². The number of hydrogen-bond acceptors (Lipinski definition) is 4. The first-order valence-corrected chi connectivity index (χ1v) is 7.23. The van der Waals surface area contributed by atoms with E-state index >= 15 is 0 Å². The zero-order valence-electron chi connectivity index (χ0n) is 8.85. The number of sulfone groups is 1. The Bertz CT molecular complexity index is 339. The number of rotatable bonds is 2. The summed E-state index contributed by atoms with van der Waals surface area (Å²) in [5.41, 5.74) is 0. The predicted molar refractivity (Wildman–Crippen MR) is 60.6 cm³/mol. The van der Waals surface area contributed by atoms with Crippen LogP contribution in [0.4, 0.5) is 0 Å². The molecule has 2 aliphatic heterocycles. The van der Waals surface area contributed by atoms with Crippen LogP contribution >= 0.6 is 0 Å². The average molecular weight is 230 g/mol. The molecule has 86 valence electrons. The van der Waals surface area contributed by atoms with Crippen LogP contribution in [0.3, 0.4) is 0 Å². The molecule has 0 amide bonds. The molecule has 2 fully saturated rings. The van der Waals surface area contributed by atoms with Gasteiger partial charge in [-0.25, -0.2) is 8.42 Å². The minimum Gasteiger partial charge on any atom is -0.311 e. The van der Waals surface area contributed by atoms with Crippen molar-refractivity contribution in [3.63, 3.8) is 0 Å². The van der Waals surface area contributed by atoms with E-state index in [9.17, 15) is 8.42 Å². The van der Waals surface area contributed by atoms with Crippen LogP contribution in [0.1, 0.15) is 6.42 Å². The minimum atomic E-state index is -2.83. The highest BCUT2D eigenvalue weighted by atomic mass is 32.2. The molecule has 0 spiro atoms. The van der Waals surface area contributed by atoms with Crippen LogP contribution in [0.25, 0.3) is 0 Å². The second kappa shape index (κ2) is 4.23. The van der Waals surface area contributed by atoms with Gasteiger partial charge in [0.05, 0.1) is 11.5 Å². The number of nitrogens with zero attached hydrogens (tertiary/aromatic N) is 1. The second-order valence-corrected chi connectivity index (χ2v) is 6.50. The number of hydrogen-bond donors (Lipinski definition) is 1. The van der Waals surface area contributed by atoms with Crippen LogP contribution in [0.2, 0.25) is 0 Å². The van der Waals surface area contributed by atoms with Crippen molar-refractivity contribution in [3.05, 3.63) is 12.7 Å². The first-order valence-electron chi connectivity index (χ1n) is 5.41. The van der Waals surface area contributed by atoms with E-state index in [1.165, 1.54) is 0 Å². The molecule has 2 aliphatic rings. The van der Waals surface area contributed by atoms with Crippen molar-refractivity contribution in [1.82, 2.24) is 10.2 Å². The number of fused-ring (bicyclic) bond motifs is 1. The van der Waals surface area contributed by atoms with Gasteiger partial charge in [0.1, 0.15) is 0 Å². The maximum Gasteiger partial charge on any atom is 0.153 e. The lowest BCUT2D eigenvalue weighted by molar-refractivity contribution is 0.229. The van der Waals surface area contributed by atoms with E-state index in [4.69, 9.17) is 0 Å². The molecule has 2 unspecified atom stereocenters. The molecule has 0 aromatic rings. The van der Waals surface area contributed by atoms with Gasteiger partial charge in [-0.2, -0.15) is 0 Å². The van der Waals surface area contributed by atoms with E-state index in [0.717, 1.165) is 26.1 Å². The SMILES string of the molecule is C=CCN1CCCNC2CS(=O)(=O)CC21. The lowest BCUT2D eigenvalue weighted by Gasteiger charge is -2.27. The fourth-order valence-corrected chi connectivity index (χ4v) is 4.50. The largest absolute Gasteiger partial charge is 0.311 e. The molecule has 4 nitrogen and oxygen atoms in total. The monoisotopic (exact) mass is 230 g/mol. The van der Waals surface area contributed by atoms with Gasteiger partial charge in [-0.05, 0) is 13.0 Å². The highest BCUT2D eigenvalue weighted by Gasteiger charge is 2.41. The molecule has 2 heterocycles. The molecular weight excluding hydrogens is 212 g/mol. The van der Waals surface area contributed by atoms with Gasteiger partial charge in [-0.1, -0.05) is 6.08 Å². The zero-order valence-corrected chi connectivity index (χ0v) is 9.67. The van der Waals surface area contributed by atoms with Gasteiger partial charge in [0, 0.05) is 25.2 Å². The molecule has 0 radical (unpaired) electrons. The third kappa shape index (κ3) is 2.41. The fraction of sp³-hybridized carbons (Fsp3) is 0.800. The maximum absolute atomic E-state index is 11.6.